The first kappa shape index (κ1) is 22.1. The van der Waals surface area contributed by atoms with Gasteiger partial charge in [-0.3, -0.25) is 4.79 Å². The maximum absolute atomic E-state index is 13.7. The molecule has 3 heteroatoms. The normalized spacial score (nSPS) is 20.7. The smallest absolute Gasteiger partial charge is 0.162 e. The standard InChI is InChI=1S/C29H32N2O/c1-7-24-23(15-30)28(22-10-8-9-17(3)20(22)6)29-25(31-24)13-21(14-26(29)32)27-18(4)11-16(2)12-19(27)5/h8-12,21,28,31H,7,13-14H2,1-6H3. The maximum atomic E-state index is 13.7. The van der Waals surface area contributed by atoms with E-state index < -0.39 is 0 Å². The number of nitriles is 1. The largest absolute Gasteiger partial charge is 0.361 e. The van der Waals surface area contributed by atoms with E-state index in [1.165, 1.54) is 27.8 Å². The van der Waals surface area contributed by atoms with Gasteiger partial charge in [0.1, 0.15) is 0 Å². The predicted molar refractivity (Wildman–Crippen MR) is 129 cm³/mol. The van der Waals surface area contributed by atoms with Crippen LogP contribution in [0, 0.1) is 45.9 Å². The monoisotopic (exact) mass is 424 g/mol. The van der Waals surface area contributed by atoms with Gasteiger partial charge in [0.25, 0.3) is 0 Å². The Balaban J connectivity index is 1.87. The van der Waals surface area contributed by atoms with Crippen LogP contribution < -0.4 is 5.32 Å². The lowest BCUT2D eigenvalue weighted by Crippen LogP contribution is -2.34. The fraction of sp³-hybridized carbons (Fsp3) is 0.379. The van der Waals surface area contributed by atoms with Crippen LogP contribution in [-0.2, 0) is 4.79 Å². The molecule has 0 bridgehead atoms. The first-order valence-corrected chi connectivity index (χ1v) is 11.6. The number of hydrogen-bond acceptors (Lipinski definition) is 3. The van der Waals surface area contributed by atoms with Crippen LogP contribution in [-0.4, -0.2) is 5.78 Å². The minimum Gasteiger partial charge on any atom is -0.361 e. The van der Waals surface area contributed by atoms with Crippen LogP contribution >= 0.6 is 0 Å². The number of benzene rings is 2. The van der Waals surface area contributed by atoms with E-state index in [1.54, 1.807) is 0 Å². The number of aryl methyl sites for hydroxylation is 4. The summed E-state index contributed by atoms with van der Waals surface area (Å²) in [5.41, 5.74) is 11.9. The van der Waals surface area contributed by atoms with Gasteiger partial charge in [-0.2, -0.15) is 5.26 Å². The molecule has 0 aromatic heterocycles. The first-order chi connectivity index (χ1) is 15.3. The van der Waals surface area contributed by atoms with Crippen molar-refractivity contribution in [1.29, 1.82) is 5.26 Å². The molecular weight excluding hydrogens is 392 g/mol. The summed E-state index contributed by atoms with van der Waals surface area (Å²) in [4.78, 5) is 13.7. The number of nitrogens with zero attached hydrogens (tertiary/aromatic N) is 1. The molecule has 1 N–H and O–H groups in total. The van der Waals surface area contributed by atoms with Crippen LogP contribution in [0.5, 0.6) is 0 Å². The highest BCUT2D eigenvalue weighted by Crippen LogP contribution is 2.47. The molecule has 32 heavy (non-hydrogen) atoms. The summed E-state index contributed by atoms with van der Waals surface area (Å²) < 4.78 is 0. The van der Waals surface area contributed by atoms with Gasteiger partial charge in [-0.15, -0.1) is 0 Å². The molecule has 1 aliphatic heterocycles. The van der Waals surface area contributed by atoms with Gasteiger partial charge in [-0.25, -0.2) is 0 Å². The van der Waals surface area contributed by atoms with E-state index in [-0.39, 0.29) is 17.6 Å². The summed E-state index contributed by atoms with van der Waals surface area (Å²) in [5.74, 6) is 0.0482. The molecule has 2 aliphatic rings. The first-order valence-electron chi connectivity index (χ1n) is 11.6. The van der Waals surface area contributed by atoms with Gasteiger partial charge in [0, 0.05) is 23.4 Å². The molecule has 1 aliphatic carbocycles. The van der Waals surface area contributed by atoms with Gasteiger partial charge < -0.3 is 5.32 Å². The van der Waals surface area contributed by atoms with Crippen molar-refractivity contribution in [3.63, 3.8) is 0 Å². The van der Waals surface area contributed by atoms with Crippen molar-refractivity contribution in [3.05, 3.63) is 91.8 Å². The number of dihydropyridines is 1. The molecule has 3 nitrogen and oxygen atoms in total. The van der Waals surface area contributed by atoms with E-state index in [2.05, 4.69) is 77.2 Å². The summed E-state index contributed by atoms with van der Waals surface area (Å²) in [5, 5.41) is 13.6. The second kappa shape index (κ2) is 8.43. The molecule has 1 heterocycles. The van der Waals surface area contributed by atoms with Crippen molar-refractivity contribution in [3.8, 4) is 6.07 Å². The molecule has 2 aromatic rings. The van der Waals surface area contributed by atoms with E-state index in [4.69, 9.17) is 0 Å². The van der Waals surface area contributed by atoms with E-state index >= 15 is 0 Å². The van der Waals surface area contributed by atoms with Gasteiger partial charge >= 0.3 is 0 Å². The fourth-order valence-electron chi connectivity index (χ4n) is 5.80. The zero-order valence-electron chi connectivity index (χ0n) is 20.0. The highest BCUT2D eigenvalue weighted by molar-refractivity contribution is 6.00. The Morgan fingerprint density at radius 1 is 1.03 bits per heavy atom. The molecule has 0 amide bonds. The molecule has 2 unspecified atom stereocenters. The summed E-state index contributed by atoms with van der Waals surface area (Å²) in [7, 11) is 0. The van der Waals surface area contributed by atoms with Crippen LogP contribution in [0.1, 0.15) is 77.0 Å². The number of ketones is 1. The predicted octanol–water partition coefficient (Wildman–Crippen LogP) is 6.50. The van der Waals surface area contributed by atoms with Crippen molar-refractivity contribution < 1.29 is 4.79 Å². The molecule has 4 rings (SSSR count). The van der Waals surface area contributed by atoms with Crippen molar-refractivity contribution in [2.75, 3.05) is 0 Å². The van der Waals surface area contributed by atoms with Crippen LogP contribution in [0.2, 0.25) is 0 Å². The number of Topliss-reactive ketones (excluding diaryl/α,β-unsaturated/α-hetero) is 1. The molecule has 0 saturated carbocycles. The van der Waals surface area contributed by atoms with Crippen LogP contribution in [0.25, 0.3) is 0 Å². The second-order valence-electron chi connectivity index (χ2n) is 9.44. The van der Waals surface area contributed by atoms with Gasteiger partial charge in [-0.05, 0) is 86.8 Å². The van der Waals surface area contributed by atoms with Crippen molar-refractivity contribution in [2.24, 2.45) is 0 Å². The maximum Gasteiger partial charge on any atom is 0.162 e. The summed E-state index contributed by atoms with van der Waals surface area (Å²) in [6.07, 6.45) is 2.03. The van der Waals surface area contributed by atoms with Crippen LogP contribution in [0.4, 0.5) is 0 Å². The molecule has 0 fully saturated rings. The third-order valence-electron chi connectivity index (χ3n) is 7.29. The lowest BCUT2D eigenvalue weighted by Gasteiger charge is -2.37. The number of carbonyl (C=O) groups excluding carboxylic acids is 1. The highest BCUT2D eigenvalue weighted by atomic mass is 16.1. The number of carbonyl (C=O) groups is 1. The summed E-state index contributed by atoms with van der Waals surface area (Å²) in [6.45, 7) is 12.7. The van der Waals surface area contributed by atoms with E-state index in [1.807, 2.05) is 6.07 Å². The lowest BCUT2D eigenvalue weighted by molar-refractivity contribution is -0.116. The van der Waals surface area contributed by atoms with E-state index in [9.17, 15) is 10.1 Å². The highest BCUT2D eigenvalue weighted by Gasteiger charge is 2.40. The van der Waals surface area contributed by atoms with Gasteiger partial charge in [-0.1, -0.05) is 42.8 Å². The number of nitrogens with one attached hydrogen (secondary N) is 1. The summed E-state index contributed by atoms with van der Waals surface area (Å²) >= 11 is 0. The van der Waals surface area contributed by atoms with Crippen molar-refractivity contribution >= 4 is 5.78 Å². The number of allylic oxidation sites excluding steroid dienone is 4. The third-order valence-corrected chi connectivity index (χ3v) is 7.29. The molecule has 2 aromatic carbocycles. The summed E-state index contributed by atoms with van der Waals surface area (Å²) in [6, 6.07) is 13.1. The van der Waals surface area contributed by atoms with Crippen molar-refractivity contribution in [2.45, 2.75) is 72.6 Å². The van der Waals surface area contributed by atoms with Crippen molar-refractivity contribution in [1.82, 2.24) is 5.32 Å². The zero-order valence-corrected chi connectivity index (χ0v) is 20.0. The Hall–Kier alpha value is -3.12. The molecule has 0 spiro atoms. The average molecular weight is 425 g/mol. The Morgan fingerprint density at radius 2 is 1.72 bits per heavy atom. The third kappa shape index (κ3) is 3.58. The van der Waals surface area contributed by atoms with Gasteiger partial charge in [0.2, 0.25) is 0 Å². The van der Waals surface area contributed by atoms with Gasteiger partial charge in [0.15, 0.2) is 5.78 Å². The SMILES string of the molecule is CCC1=C(C#N)C(c2cccc(C)c2C)C2=C(CC(c3c(C)cc(C)cc3C)CC2=O)N1. The fourth-order valence-corrected chi connectivity index (χ4v) is 5.80. The molecule has 2 atom stereocenters. The zero-order chi connectivity index (χ0) is 23.2. The number of hydrogen-bond donors (Lipinski definition) is 1. The topological polar surface area (TPSA) is 52.9 Å². The Kier molecular flexibility index (Phi) is 5.82. The molecular formula is C29H32N2O. The quantitative estimate of drug-likeness (QED) is 0.611. The van der Waals surface area contributed by atoms with Crippen LogP contribution in [0.15, 0.2) is 52.9 Å². The number of rotatable bonds is 3. The van der Waals surface area contributed by atoms with Crippen LogP contribution in [0.3, 0.4) is 0 Å². The van der Waals surface area contributed by atoms with E-state index in [0.29, 0.717) is 12.0 Å². The lowest BCUT2D eigenvalue weighted by atomic mass is 9.70. The minimum atomic E-state index is -0.278. The van der Waals surface area contributed by atoms with Gasteiger partial charge in [0.05, 0.1) is 17.6 Å². The van der Waals surface area contributed by atoms with E-state index in [0.717, 1.165) is 40.9 Å². The molecule has 0 saturated heterocycles. The molecule has 164 valence electrons. The second-order valence-corrected chi connectivity index (χ2v) is 9.44. The Labute approximate surface area is 191 Å². The Bertz CT molecular complexity index is 1200. The Morgan fingerprint density at radius 3 is 2.34 bits per heavy atom. The molecule has 0 radical (unpaired) electrons. The minimum absolute atomic E-state index is 0.162. The average Bonchev–Trinajstić information content (AvgIpc) is 2.73.